The number of rotatable bonds is 7. The number of aromatic nitrogens is 4. The van der Waals surface area contributed by atoms with Crippen LogP contribution in [0.3, 0.4) is 0 Å². The molecule has 1 atom stereocenters. The number of pyridine rings is 1. The Balaban J connectivity index is 1.77. The first-order valence-electron chi connectivity index (χ1n) is 8.66. The first-order valence-corrected chi connectivity index (χ1v) is 9.45. The quantitative estimate of drug-likeness (QED) is 0.559. The zero-order valence-corrected chi connectivity index (χ0v) is 17.2. The molecule has 1 amide bonds. The number of alkyl halides is 2. The molecule has 154 valence electrons. The number of halogens is 3. The average molecular weight is 477 g/mol. The molecule has 11 heteroatoms. The molecule has 3 aromatic rings. The van der Waals surface area contributed by atoms with Crippen molar-refractivity contribution in [1.29, 1.82) is 5.26 Å². The van der Waals surface area contributed by atoms with Gasteiger partial charge in [-0.1, -0.05) is 15.9 Å². The SMILES string of the molecule is CC(NC(=O)c1cc(Br)cc(OCC(F)F)c1)c1ncnn1-c1ccc(C#N)cn1. The zero-order chi connectivity index (χ0) is 21.7. The van der Waals surface area contributed by atoms with Crippen molar-refractivity contribution in [2.24, 2.45) is 0 Å². The van der Waals surface area contributed by atoms with Gasteiger partial charge in [-0.05, 0) is 37.3 Å². The van der Waals surface area contributed by atoms with Crippen LogP contribution in [0.1, 0.15) is 34.7 Å². The van der Waals surface area contributed by atoms with E-state index in [1.165, 1.54) is 29.3 Å². The summed E-state index contributed by atoms with van der Waals surface area (Å²) in [7, 11) is 0. The Bertz CT molecular complexity index is 1080. The molecular formula is C19H15BrF2N6O2. The predicted octanol–water partition coefficient (Wildman–Crippen LogP) is 3.43. The lowest BCUT2D eigenvalue weighted by atomic mass is 10.2. The molecule has 30 heavy (non-hydrogen) atoms. The molecule has 1 N–H and O–H groups in total. The maximum Gasteiger partial charge on any atom is 0.272 e. The van der Waals surface area contributed by atoms with Gasteiger partial charge in [-0.25, -0.2) is 18.7 Å². The second-order valence-electron chi connectivity index (χ2n) is 6.12. The van der Waals surface area contributed by atoms with Crippen LogP contribution < -0.4 is 10.1 Å². The van der Waals surface area contributed by atoms with Gasteiger partial charge < -0.3 is 10.1 Å². The minimum atomic E-state index is -2.62. The van der Waals surface area contributed by atoms with Crippen molar-refractivity contribution in [2.75, 3.05) is 6.61 Å². The molecule has 0 saturated carbocycles. The second-order valence-corrected chi connectivity index (χ2v) is 7.04. The Morgan fingerprint density at radius 3 is 2.80 bits per heavy atom. The Morgan fingerprint density at radius 2 is 2.13 bits per heavy atom. The highest BCUT2D eigenvalue weighted by atomic mass is 79.9. The maximum absolute atomic E-state index is 12.7. The molecule has 1 unspecified atom stereocenters. The van der Waals surface area contributed by atoms with E-state index in [2.05, 4.69) is 36.3 Å². The number of benzene rings is 1. The number of carbonyl (C=O) groups excluding carboxylic acids is 1. The van der Waals surface area contributed by atoms with Crippen LogP contribution in [-0.4, -0.2) is 38.7 Å². The van der Waals surface area contributed by atoms with Crippen LogP contribution in [0.2, 0.25) is 0 Å². The Hall–Kier alpha value is -3.39. The van der Waals surface area contributed by atoms with Gasteiger partial charge in [-0.15, -0.1) is 0 Å². The molecule has 3 rings (SSSR count). The lowest BCUT2D eigenvalue weighted by Gasteiger charge is -2.15. The topological polar surface area (TPSA) is 106 Å². The minimum Gasteiger partial charge on any atom is -0.488 e. The van der Waals surface area contributed by atoms with Crippen LogP contribution in [0.5, 0.6) is 5.75 Å². The molecule has 0 fully saturated rings. The third-order valence-corrected chi connectivity index (χ3v) is 4.37. The highest BCUT2D eigenvalue weighted by molar-refractivity contribution is 9.10. The van der Waals surface area contributed by atoms with Crippen LogP contribution in [0.4, 0.5) is 8.78 Å². The standard InChI is InChI=1S/C19H15BrF2N6O2/c1-11(18-25-10-26-28(18)17-3-2-12(7-23)8-24-17)27-19(29)13-4-14(20)6-15(5-13)30-9-16(21)22/h2-6,8,10-11,16H,9H2,1H3,(H,27,29). The third-order valence-electron chi connectivity index (χ3n) is 3.91. The fraction of sp³-hybridized carbons (Fsp3) is 0.211. The van der Waals surface area contributed by atoms with Gasteiger partial charge in [0.25, 0.3) is 12.3 Å². The Labute approximate surface area is 178 Å². The number of nitriles is 1. The molecule has 0 aliphatic heterocycles. The summed E-state index contributed by atoms with van der Waals surface area (Å²) in [5.74, 6) is 0.554. The van der Waals surface area contributed by atoms with Gasteiger partial charge in [0, 0.05) is 16.2 Å². The summed E-state index contributed by atoms with van der Waals surface area (Å²) in [6, 6.07) is 9.06. The largest absolute Gasteiger partial charge is 0.488 e. The smallest absolute Gasteiger partial charge is 0.272 e. The van der Waals surface area contributed by atoms with E-state index in [4.69, 9.17) is 10.00 Å². The fourth-order valence-corrected chi connectivity index (χ4v) is 3.05. The Kier molecular flexibility index (Phi) is 6.68. The fourth-order valence-electron chi connectivity index (χ4n) is 2.58. The van der Waals surface area contributed by atoms with Crippen molar-refractivity contribution in [3.05, 3.63) is 64.3 Å². The van der Waals surface area contributed by atoms with Crippen LogP contribution in [0.15, 0.2) is 47.3 Å². The Morgan fingerprint density at radius 1 is 1.33 bits per heavy atom. The molecule has 0 spiro atoms. The van der Waals surface area contributed by atoms with Gasteiger partial charge in [0.1, 0.15) is 24.8 Å². The molecular weight excluding hydrogens is 462 g/mol. The molecule has 2 heterocycles. The number of carbonyl (C=O) groups is 1. The summed E-state index contributed by atoms with van der Waals surface area (Å²) in [5, 5.41) is 15.8. The summed E-state index contributed by atoms with van der Waals surface area (Å²) < 4.78 is 31.7. The van der Waals surface area contributed by atoms with E-state index in [-0.39, 0.29) is 11.3 Å². The summed E-state index contributed by atoms with van der Waals surface area (Å²) in [6.07, 6.45) is 0.114. The van der Waals surface area contributed by atoms with E-state index in [9.17, 15) is 13.6 Å². The van der Waals surface area contributed by atoms with E-state index in [1.807, 2.05) is 6.07 Å². The van der Waals surface area contributed by atoms with Crippen molar-refractivity contribution < 1.29 is 18.3 Å². The van der Waals surface area contributed by atoms with E-state index < -0.39 is 25.0 Å². The van der Waals surface area contributed by atoms with E-state index in [0.717, 1.165) is 0 Å². The van der Waals surface area contributed by atoms with Crippen molar-refractivity contribution >= 4 is 21.8 Å². The summed E-state index contributed by atoms with van der Waals surface area (Å²) in [5.41, 5.74) is 0.629. The van der Waals surface area contributed by atoms with Crippen molar-refractivity contribution in [3.63, 3.8) is 0 Å². The molecule has 2 aromatic heterocycles. The van der Waals surface area contributed by atoms with E-state index in [1.54, 1.807) is 25.1 Å². The molecule has 1 aromatic carbocycles. The number of ether oxygens (including phenoxy) is 1. The molecule has 0 bridgehead atoms. The molecule has 0 radical (unpaired) electrons. The van der Waals surface area contributed by atoms with Crippen LogP contribution in [-0.2, 0) is 0 Å². The minimum absolute atomic E-state index is 0.146. The average Bonchev–Trinajstić information content (AvgIpc) is 3.22. The zero-order valence-electron chi connectivity index (χ0n) is 15.6. The van der Waals surface area contributed by atoms with Crippen molar-refractivity contribution in [2.45, 2.75) is 19.4 Å². The van der Waals surface area contributed by atoms with Gasteiger partial charge in [-0.3, -0.25) is 4.79 Å². The van der Waals surface area contributed by atoms with Gasteiger partial charge in [0.05, 0.1) is 11.6 Å². The first-order chi connectivity index (χ1) is 14.4. The number of nitrogens with one attached hydrogen (secondary N) is 1. The first kappa shape index (κ1) is 21.3. The number of nitrogens with zero attached hydrogens (tertiary/aromatic N) is 5. The number of amides is 1. The number of hydrogen-bond acceptors (Lipinski definition) is 6. The molecule has 0 aliphatic rings. The van der Waals surface area contributed by atoms with Crippen molar-refractivity contribution in [1.82, 2.24) is 25.1 Å². The monoisotopic (exact) mass is 476 g/mol. The molecule has 0 saturated heterocycles. The normalized spacial score (nSPS) is 11.7. The van der Waals surface area contributed by atoms with Gasteiger partial charge in [0.15, 0.2) is 11.6 Å². The van der Waals surface area contributed by atoms with E-state index in [0.29, 0.717) is 21.7 Å². The van der Waals surface area contributed by atoms with Crippen molar-refractivity contribution in [3.8, 4) is 17.6 Å². The third kappa shape index (κ3) is 5.15. The maximum atomic E-state index is 12.7. The number of hydrogen-bond donors (Lipinski definition) is 1. The van der Waals surface area contributed by atoms with Gasteiger partial charge >= 0.3 is 0 Å². The lowest BCUT2D eigenvalue weighted by molar-refractivity contribution is 0.0817. The summed E-state index contributed by atoms with van der Waals surface area (Å²) in [6.45, 7) is 0.947. The predicted molar refractivity (Wildman–Crippen MR) is 105 cm³/mol. The summed E-state index contributed by atoms with van der Waals surface area (Å²) in [4.78, 5) is 21.0. The highest BCUT2D eigenvalue weighted by Gasteiger charge is 2.19. The van der Waals surface area contributed by atoms with Gasteiger partial charge in [-0.2, -0.15) is 15.0 Å². The van der Waals surface area contributed by atoms with Crippen LogP contribution in [0, 0.1) is 11.3 Å². The molecule has 0 aliphatic carbocycles. The highest BCUT2D eigenvalue weighted by Crippen LogP contribution is 2.23. The lowest BCUT2D eigenvalue weighted by Crippen LogP contribution is -2.29. The van der Waals surface area contributed by atoms with Crippen LogP contribution in [0.25, 0.3) is 5.82 Å². The summed E-state index contributed by atoms with van der Waals surface area (Å²) >= 11 is 3.24. The molecule has 8 nitrogen and oxygen atoms in total. The van der Waals surface area contributed by atoms with Crippen LogP contribution >= 0.6 is 15.9 Å². The second kappa shape index (κ2) is 9.41. The van der Waals surface area contributed by atoms with Gasteiger partial charge in [0.2, 0.25) is 0 Å². The van der Waals surface area contributed by atoms with E-state index >= 15 is 0 Å².